The highest BCUT2D eigenvalue weighted by Crippen LogP contribution is 2.32. The molecule has 0 aromatic heterocycles. The van der Waals surface area contributed by atoms with Gasteiger partial charge in [0, 0.05) is 25.2 Å². The fourth-order valence-corrected chi connectivity index (χ4v) is 3.31. The smallest absolute Gasteiger partial charge is 0.389 e. The van der Waals surface area contributed by atoms with Crippen LogP contribution in [0.5, 0.6) is 0 Å². The van der Waals surface area contributed by atoms with E-state index in [9.17, 15) is 27.5 Å². The molecular formula is C20H20F4N2O2. The Labute approximate surface area is 159 Å². The monoisotopic (exact) mass is 396 g/mol. The van der Waals surface area contributed by atoms with Crippen LogP contribution in [0.4, 0.5) is 28.0 Å². The van der Waals surface area contributed by atoms with Crippen LogP contribution in [-0.4, -0.2) is 34.7 Å². The summed E-state index contributed by atoms with van der Waals surface area (Å²) in [6, 6.07) is 10.8. The van der Waals surface area contributed by atoms with Crippen molar-refractivity contribution in [3.63, 3.8) is 0 Å². The molecule has 0 atom stereocenters. The second kappa shape index (κ2) is 7.79. The summed E-state index contributed by atoms with van der Waals surface area (Å²) < 4.78 is 51.8. The summed E-state index contributed by atoms with van der Waals surface area (Å²) >= 11 is 0. The molecule has 0 aliphatic carbocycles. The summed E-state index contributed by atoms with van der Waals surface area (Å²) in [5.41, 5.74) is -1.39. The molecule has 0 radical (unpaired) electrons. The third kappa shape index (κ3) is 5.01. The molecule has 1 fully saturated rings. The molecule has 28 heavy (non-hydrogen) atoms. The number of hydrogen-bond donors (Lipinski definition) is 2. The average molecular weight is 396 g/mol. The van der Waals surface area contributed by atoms with E-state index in [2.05, 4.69) is 5.32 Å². The predicted molar refractivity (Wildman–Crippen MR) is 96.3 cm³/mol. The highest BCUT2D eigenvalue weighted by Gasteiger charge is 2.35. The highest BCUT2D eigenvalue weighted by molar-refractivity contribution is 5.89. The van der Waals surface area contributed by atoms with Crippen molar-refractivity contribution in [3.05, 3.63) is 65.5 Å². The van der Waals surface area contributed by atoms with Gasteiger partial charge in [0.2, 0.25) is 0 Å². The van der Waals surface area contributed by atoms with Gasteiger partial charge < -0.3 is 15.3 Å². The van der Waals surface area contributed by atoms with Gasteiger partial charge in [0.1, 0.15) is 5.82 Å². The minimum absolute atomic E-state index is 0.247. The number of halogens is 4. The minimum atomic E-state index is -4.71. The van der Waals surface area contributed by atoms with E-state index in [1.165, 1.54) is 4.90 Å². The average Bonchev–Trinajstić information content (AvgIpc) is 2.61. The van der Waals surface area contributed by atoms with Crippen molar-refractivity contribution in [1.82, 2.24) is 4.90 Å². The van der Waals surface area contributed by atoms with Crippen LogP contribution in [0.15, 0.2) is 48.5 Å². The molecule has 0 unspecified atom stereocenters. The number of rotatable bonds is 3. The molecule has 2 N–H and O–H groups in total. The van der Waals surface area contributed by atoms with Crippen molar-refractivity contribution in [2.45, 2.75) is 31.0 Å². The van der Waals surface area contributed by atoms with E-state index >= 15 is 0 Å². The van der Waals surface area contributed by atoms with Gasteiger partial charge in [-0.1, -0.05) is 30.3 Å². The standard InChI is InChI=1S/C20H20F4N2O2/c21-16-10-15(20(22,23)24)11-17(12-16)25-18(27)26-8-6-19(28,7-9-26)13-14-4-2-1-3-5-14/h1-5,10-12,28H,6-9,13H2,(H,25,27). The van der Waals surface area contributed by atoms with Crippen LogP contribution in [0.2, 0.25) is 0 Å². The van der Waals surface area contributed by atoms with Crippen molar-refractivity contribution in [2.75, 3.05) is 18.4 Å². The van der Waals surface area contributed by atoms with Crippen LogP contribution in [0.25, 0.3) is 0 Å². The summed E-state index contributed by atoms with van der Waals surface area (Å²) in [6.45, 7) is 0.493. The molecule has 3 rings (SSSR count). The fourth-order valence-electron chi connectivity index (χ4n) is 3.31. The molecule has 2 amide bonds. The number of benzene rings is 2. The van der Waals surface area contributed by atoms with E-state index in [-0.39, 0.29) is 18.8 Å². The number of anilines is 1. The maximum absolute atomic E-state index is 13.5. The van der Waals surface area contributed by atoms with Gasteiger partial charge in [-0.2, -0.15) is 13.2 Å². The summed E-state index contributed by atoms with van der Waals surface area (Å²) in [4.78, 5) is 13.7. The lowest BCUT2D eigenvalue weighted by Gasteiger charge is -2.38. The largest absolute Gasteiger partial charge is 0.416 e. The predicted octanol–water partition coefficient (Wildman–Crippen LogP) is 4.45. The second-order valence-electron chi connectivity index (χ2n) is 7.03. The summed E-state index contributed by atoms with van der Waals surface area (Å²) in [5, 5.41) is 13.1. The van der Waals surface area contributed by atoms with Crippen LogP contribution in [0.3, 0.4) is 0 Å². The molecule has 1 aliphatic rings. The first-order valence-corrected chi connectivity index (χ1v) is 8.85. The Bertz CT molecular complexity index is 832. The van der Waals surface area contributed by atoms with Crippen molar-refractivity contribution >= 4 is 11.7 Å². The topological polar surface area (TPSA) is 52.6 Å². The number of likely N-dealkylation sites (tertiary alicyclic amines) is 1. The van der Waals surface area contributed by atoms with Gasteiger partial charge in [-0.15, -0.1) is 0 Å². The number of aliphatic hydroxyl groups is 1. The van der Waals surface area contributed by atoms with E-state index < -0.39 is 29.2 Å². The Kier molecular flexibility index (Phi) is 5.60. The molecule has 0 saturated carbocycles. The van der Waals surface area contributed by atoms with E-state index in [1.54, 1.807) is 0 Å². The quantitative estimate of drug-likeness (QED) is 0.754. The van der Waals surface area contributed by atoms with Crippen molar-refractivity contribution in [2.24, 2.45) is 0 Å². The number of urea groups is 1. The number of amides is 2. The van der Waals surface area contributed by atoms with Crippen molar-refractivity contribution < 1.29 is 27.5 Å². The molecule has 1 saturated heterocycles. The number of carbonyl (C=O) groups excluding carboxylic acids is 1. The maximum atomic E-state index is 13.5. The molecule has 1 heterocycles. The number of alkyl halides is 3. The Morgan fingerprint density at radius 1 is 1.11 bits per heavy atom. The van der Waals surface area contributed by atoms with Crippen molar-refractivity contribution in [1.29, 1.82) is 0 Å². The number of hydrogen-bond acceptors (Lipinski definition) is 2. The highest BCUT2D eigenvalue weighted by atomic mass is 19.4. The zero-order valence-electron chi connectivity index (χ0n) is 15.0. The van der Waals surface area contributed by atoms with Gasteiger partial charge in [0.05, 0.1) is 11.2 Å². The molecular weight excluding hydrogens is 376 g/mol. The summed E-state index contributed by atoms with van der Waals surface area (Å²) in [6.07, 6.45) is -3.57. The Morgan fingerprint density at radius 2 is 1.75 bits per heavy atom. The number of nitrogens with one attached hydrogen (secondary N) is 1. The van der Waals surface area contributed by atoms with Crippen LogP contribution < -0.4 is 5.32 Å². The van der Waals surface area contributed by atoms with Gasteiger partial charge >= 0.3 is 12.2 Å². The third-order valence-corrected chi connectivity index (χ3v) is 4.83. The first-order chi connectivity index (χ1) is 13.1. The van der Waals surface area contributed by atoms with Gasteiger partial charge in [-0.25, -0.2) is 9.18 Å². The molecule has 150 valence electrons. The fraction of sp³-hybridized carbons (Fsp3) is 0.350. The molecule has 2 aromatic carbocycles. The summed E-state index contributed by atoms with van der Waals surface area (Å²) in [5.74, 6) is -1.08. The normalized spacial score (nSPS) is 16.7. The van der Waals surface area contributed by atoms with Crippen LogP contribution in [0.1, 0.15) is 24.0 Å². The lowest BCUT2D eigenvalue weighted by molar-refractivity contribution is -0.137. The van der Waals surface area contributed by atoms with Gasteiger partial charge in [0.25, 0.3) is 0 Å². The van der Waals surface area contributed by atoms with Crippen LogP contribution in [0, 0.1) is 5.82 Å². The molecule has 0 spiro atoms. The van der Waals surface area contributed by atoms with Gasteiger partial charge in [0.15, 0.2) is 0 Å². The zero-order valence-corrected chi connectivity index (χ0v) is 15.0. The number of piperidine rings is 1. The van der Waals surface area contributed by atoms with Gasteiger partial charge in [-0.3, -0.25) is 0 Å². The Balaban J connectivity index is 1.61. The Morgan fingerprint density at radius 3 is 2.36 bits per heavy atom. The second-order valence-corrected chi connectivity index (χ2v) is 7.03. The first kappa shape index (κ1) is 20.1. The molecule has 4 nitrogen and oxygen atoms in total. The maximum Gasteiger partial charge on any atom is 0.416 e. The first-order valence-electron chi connectivity index (χ1n) is 8.85. The van der Waals surface area contributed by atoms with Crippen LogP contribution >= 0.6 is 0 Å². The molecule has 0 bridgehead atoms. The van der Waals surface area contributed by atoms with E-state index in [4.69, 9.17) is 0 Å². The molecule has 8 heteroatoms. The lowest BCUT2D eigenvalue weighted by atomic mass is 9.85. The number of nitrogens with zero attached hydrogens (tertiary/aromatic N) is 1. The van der Waals surface area contributed by atoms with Gasteiger partial charge in [-0.05, 0) is 36.6 Å². The Hall–Kier alpha value is -2.61. The lowest BCUT2D eigenvalue weighted by Crippen LogP contribution is -2.49. The zero-order chi connectivity index (χ0) is 20.4. The number of carbonyl (C=O) groups is 1. The summed E-state index contributed by atoms with van der Waals surface area (Å²) in [7, 11) is 0. The molecule has 2 aromatic rings. The SMILES string of the molecule is O=C(Nc1cc(F)cc(C(F)(F)F)c1)N1CCC(O)(Cc2ccccc2)CC1. The molecule has 1 aliphatic heterocycles. The van der Waals surface area contributed by atoms with Crippen LogP contribution in [-0.2, 0) is 12.6 Å². The van der Waals surface area contributed by atoms with E-state index in [0.717, 1.165) is 11.6 Å². The minimum Gasteiger partial charge on any atom is -0.389 e. The van der Waals surface area contributed by atoms with E-state index in [0.29, 0.717) is 31.4 Å². The third-order valence-electron chi connectivity index (χ3n) is 4.83. The van der Waals surface area contributed by atoms with Crippen molar-refractivity contribution in [3.8, 4) is 0 Å². The van der Waals surface area contributed by atoms with E-state index in [1.807, 2.05) is 30.3 Å².